The van der Waals surface area contributed by atoms with Gasteiger partial charge in [-0.15, -0.1) is 0 Å². The average Bonchev–Trinajstić information content (AvgIpc) is 3.09. The number of halogens is 1. The summed E-state index contributed by atoms with van der Waals surface area (Å²) in [6.45, 7) is 4.31. The molecule has 0 N–H and O–H groups in total. The summed E-state index contributed by atoms with van der Waals surface area (Å²) in [5, 5.41) is 4.12. The van der Waals surface area contributed by atoms with Crippen LogP contribution in [0, 0.1) is 5.82 Å². The van der Waals surface area contributed by atoms with E-state index in [2.05, 4.69) is 5.10 Å². The molecular formula is C16H19FN4O. The van der Waals surface area contributed by atoms with Gasteiger partial charge in [-0.2, -0.15) is 5.10 Å². The number of anilines is 1. The lowest BCUT2D eigenvalue weighted by molar-refractivity contribution is -0.134. The molecule has 1 saturated heterocycles. The highest BCUT2D eigenvalue weighted by Gasteiger charge is 2.26. The van der Waals surface area contributed by atoms with Crippen molar-refractivity contribution < 1.29 is 9.18 Å². The van der Waals surface area contributed by atoms with E-state index in [0.717, 1.165) is 0 Å². The Hall–Kier alpha value is -2.37. The van der Waals surface area contributed by atoms with Gasteiger partial charge in [0.2, 0.25) is 5.91 Å². The molecule has 0 spiro atoms. The number of para-hydroxylation sites is 1. The van der Waals surface area contributed by atoms with Gasteiger partial charge in [0, 0.05) is 38.6 Å². The molecule has 0 unspecified atom stereocenters. The molecule has 1 aliphatic heterocycles. The molecule has 1 aliphatic rings. The van der Waals surface area contributed by atoms with E-state index in [1.165, 1.54) is 6.07 Å². The smallest absolute Gasteiger partial charge is 0.247 e. The summed E-state index contributed by atoms with van der Waals surface area (Å²) in [4.78, 5) is 16.3. The number of carbonyl (C=O) groups excluding carboxylic acids is 1. The number of nitrogens with zero attached hydrogens (tertiary/aromatic N) is 4. The summed E-state index contributed by atoms with van der Waals surface area (Å²) < 4.78 is 15.5. The van der Waals surface area contributed by atoms with E-state index in [-0.39, 0.29) is 17.8 Å². The molecule has 0 bridgehead atoms. The van der Waals surface area contributed by atoms with Crippen LogP contribution >= 0.6 is 0 Å². The molecule has 0 saturated carbocycles. The SMILES string of the molecule is C[C@H](C(=O)N1CCN(c2ccccc2F)CC1)n1cccn1. The largest absolute Gasteiger partial charge is 0.366 e. The Bertz CT molecular complexity index is 635. The van der Waals surface area contributed by atoms with Gasteiger partial charge in [0.1, 0.15) is 11.9 Å². The Kier molecular flexibility index (Phi) is 4.09. The van der Waals surface area contributed by atoms with Crippen LogP contribution in [-0.2, 0) is 4.79 Å². The minimum Gasteiger partial charge on any atom is -0.366 e. The third-order valence-electron chi connectivity index (χ3n) is 4.06. The van der Waals surface area contributed by atoms with Crippen LogP contribution < -0.4 is 4.90 Å². The molecule has 1 aromatic heterocycles. The predicted molar refractivity (Wildman–Crippen MR) is 82.1 cm³/mol. The maximum Gasteiger partial charge on any atom is 0.247 e. The molecule has 2 aromatic rings. The highest BCUT2D eigenvalue weighted by molar-refractivity contribution is 5.80. The summed E-state index contributed by atoms with van der Waals surface area (Å²) in [6.07, 6.45) is 3.46. The van der Waals surface area contributed by atoms with Crippen molar-refractivity contribution in [2.75, 3.05) is 31.1 Å². The third-order valence-corrected chi connectivity index (χ3v) is 4.06. The van der Waals surface area contributed by atoms with Crippen molar-refractivity contribution >= 4 is 11.6 Å². The van der Waals surface area contributed by atoms with Crippen molar-refractivity contribution in [3.05, 3.63) is 48.5 Å². The van der Waals surface area contributed by atoms with Crippen LogP contribution in [0.1, 0.15) is 13.0 Å². The van der Waals surface area contributed by atoms with E-state index in [9.17, 15) is 9.18 Å². The topological polar surface area (TPSA) is 41.4 Å². The van der Waals surface area contributed by atoms with Crippen LogP contribution in [-0.4, -0.2) is 46.8 Å². The van der Waals surface area contributed by atoms with Crippen LogP contribution in [0.4, 0.5) is 10.1 Å². The van der Waals surface area contributed by atoms with E-state index in [1.54, 1.807) is 35.3 Å². The maximum atomic E-state index is 13.8. The quantitative estimate of drug-likeness (QED) is 0.870. The molecular weight excluding hydrogens is 283 g/mol. The third kappa shape index (κ3) is 2.81. The summed E-state index contributed by atoms with van der Waals surface area (Å²) >= 11 is 0. The second kappa shape index (κ2) is 6.17. The molecule has 6 heteroatoms. The van der Waals surface area contributed by atoms with Gasteiger partial charge in [-0.1, -0.05) is 12.1 Å². The molecule has 1 aromatic carbocycles. The van der Waals surface area contributed by atoms with Gasteiger partial charge in [0.15, 0.2) is 0 Å². The fraction of sp³-hybridized carbons (Fsp3) is 0.375. The van der Waals surface area contributed by atoms with Gasteiger partial charge in [0.05, 0.1) is 5.69 Å². The summed E-state index contributed by atoms with van der Waals surface area (Å²) in [5.41, 5.74) is 0.606. The van der Waals surface area contributed by atoms with E-state index in [1.807, 2.05) is 22.8 Å². The van der Waals surface area contributed by atoms with Crippen molar-refractivity contribution in [3.63, 3.8) is 0 Å². The van der Waals surface area contributed by atoms with E-state index < -0.39 is 0 Å². The molecule has 116 valence electrons. The van der Waals surface area contributed by atoms with Gasteiger partial charge in [-0.3, -0.25) is 9.48 Å². The highest BCUT2D eigenvalue weighted by atomic mass is 19.1. The van der Waals surface area contributed by atoms with Crippen molar-refractivity contribution in [2.45, 2.75) is 13.0 Å². The van der Waals surface area contributed by atoms with E-state index >= 15 is 0 Å². The van der Waals surface area contributed by atoms with Crippen molar-refractivity contribution in [2.24, 2.45) is 0 Å². The number of rotatable bonds is 3. The molecule has 3 rings (SSSR count). The number of aromatic nitrogens is 2. The highest BCUT2D eigenvalue weighted by Crippen LogP contribution is 2.21. The Balaban J connectivity index is 1.62. The standard InChI is InChI=1S/C16H19FN4O/c1-13(21-8-4-7-18-21)16(22)20-11-9-19(10-12-20)15-6-3-2-5-14(15)17/h2-8,13H,9-12H2,1H3/t13-/m1/s1. The van der Waals surface area contributed by atoms with Gasteiger partial charge >= 0.3 is 0 Å². The monoisotopic (exact) mass is 302 g/mol. The number of piperazine rings is 1. The second-order valence-corrected chi connectivity index (χ2v) is 5.43. The van der Waals surface area contributed by atoms with Crippen LogP contribution in [0.15, 0.2) is 42.7 Å². The van der Waals surface area contributed by atoms with Crippen molar-refractivity contribution in [1.29, 1.82) is 0 Å². The lowest BCUT2D eigenvalue weighted by Crippen LogP contribution is -2.50. The second-order valence-electron chi connectivity index (χ2n) is 5.43. The Morgan fingerprint density at radius 2 is 1.91 bits per heavy atom. The normalized spacial score (nSPS) is 16.6. The van der Waals surface area contributed by atoms with Crippen LogP contribution in [0.3, 0.4) is 0 Å². The molecule has 1 amide bonds. The van der Waals surface area contributed by atoms with Crippen LogP contribution in [0.5, 0.6) is 0 Å². The number of hydrogen-bond donors (Lipinski definition) is 0. The molecule has 1 fully saturated rings. The lowest BCUT2D eigenvalue weighted by Gasteiger charge is -2.37. The average molecular weight is 302 g/mol. The fourth-order valence-electron chi connectivity index (χ4n) is 2.76. The zero-order valence-electron chi connectivity index (χ0n) is 12.5. The van der Waals surface area contributed by atoms with Gasteiger partial charge in [-0.25, -0.2) is 4.39 Å². The van der Waals surface area contributed by atoms with Crippen molar-refractivity contribution in [3.8, 4) is 0 Å². The maximum absolute atomic E-state index is 13.8. The predicted octanol–water partition coefficient (Wildman–Crippen LogP) is 1.93. The van der Waals surface area contributed by atoms with Crippen LogP contribution in [0.2, 0.25) is 0 Å². The summed E-state index contributed by atoms with van der Waals surface area (Å²) in [5.74, 6) is -0.163. The van der Waals surface area contributed by atoms with E-state index in [4.69, 9.17) is 0 Å². The number of carbonyl (C=O) groups is 1. The van der Waals surface area contributed by atoms with Gasteiger partial charge in [0.25, 0.3) is 0 Å². The number of hydrogen-bond acceptors (Lipinski definition) is 3. The zero-order valence-corrected chi connectivity index (χ0v) is 12.5. The van der Waals surface area contributed by atoms with Crippen molar-refractivity contribution in [1.82, 2.24) is 14.7 Å². The minimum atomic E-state index is -0.310. The lowest BCUT2D eigenvalue weighted by atomic mass is 10.2. The first-order valence-corrected chi connectivity index (χ1v) is 7.44. The molecule has 22 heavy (non-hydrogen) atoms. The van der Waals surface area contributed by atoms with Gasteiger partial charge < -0.3 is 9.80 Å². The summed E-state index contributed by atoms with van der Waals surface area (Å²) in [7, 11) is 0. The Morgan fingerprint density at radius 3 is 2.55 bits per heavy atom. The molecule has 0 aliphatic carbocycles. The van der Waals surface area contributed by atoms with Gasteiger partial charge in [-0.05, 0) is 25.1 Å². The summed E-state index contributed by atoms with van der Waals surface area (Å²) in [6, 6.07) is 8.25. The first-order chi connectivity index (χ1) is 10.7. The first kappa shape index (κ1) is 14.6. The number of amides is 1. The minimum absolute atomic E-state index is 0.0527. The molecule has 0 radical (unpaired) electrons. The fourth-order valence-corrected chi connectivity index (χ4v) is 2.76. The number of benzene rings is 1. The Labute approximate surface area is 128 Å². The van der Waals surface area contributed by atoms with E-state index in [0.29, 0.717) is 31.9 Å². The first-order valence-electron chi connectivity index (χ1n) is 7.44. The zero-order chi connectivity index (χ0) is 15.5. The van der Waals surface area contributed by atoms with Crippen LogP contribution in [0.25, 0.3) is 0 Å². The molecule has 2 heterocycles. The Morgan fingerprint density at radius 1 is 1.18 bits per heavy atom. The molecule has 1 atom stereocenters. The molecule has 5 nitrogen and oxygen atoms in total.